The van der Waals surface area contributed by atoms with E-state index in [4.69, 9.17) is 10.8 Å². The van der Waals surface area contributed by atoms with Crippen LogP contribution in [0.4, 0.5) is 4.39 Å². The van der Waals surface area contributed by atoms with E-state index in [9.17, 15) is 9.18 Å². The molecule has 0 saturated carbocycles. The first-order valence-electron chi connectivity index (χ1n) is 7.95. The Hall–Kier alpha value is -1.85. The third-order valence-corrected chi connectivity index (χ3v) is 5.16. The monoisotopic (exact) mass is 347 g/mol. The zero-order valence-electron chi connectivity index (χ0n) is 13.6. The lowest BCUT2D eigenvalue weighted by Gasteiger charge is -2.19. The molecular weight excluding hydrogens is 325 g/mol. The van der Waals surface area contributed by atoms with Crippen LogP contribution in [0.5, 0.6) is 0 Å². The van der Waals surface area contributed by atoms with Gasteiger partial charge in [0.25, 0.3) is 0 Å². The van der Waals surface area contributed by atoms with Gasteiger partial charge in [-0.2, -0.15) is 0 Å². The standard InChI is InChI=1S/C19H22FNO2S/c1-2-4-13-7-9-14(10-8-13)18(24-12-17(21)19(22)23)15-5-3-6-16(20)11-15/h3,5-11,17-18H,2,4,12,21H2,1H3,(H,22,23). The van der Waals surface area contributed by atoms with Crippen LogP contribution in [0, 0.1) is 5.82 Å². The number of thioether (sulfide) groups is 1. The van der Waals surface area contributed by atoms with Crippen molar-refractivity contribution >= 4 is 17.7 Å². The lowest BCUT2D eigenvalue weighted by molar-refractivity contribution is -0.137. The normalized spacial score (nSPS) is 13.5. The lowest BCUT2D eigenvalue weighted by Crippen LogP contribution is -2.32. The first-order valence-corrected chi connectivity index (χ1v) is 9.00. The Labute approximate surface area is 146 Å². The Kier molecular flexibility index (Phi) is 6.82. The van der Waals surface area contributed by atoms with Crippen molar-refractivity contribution in [1.82, 2.24) is 0 Å². The minimum absolute atomic E-state index is 0.151. The van der Waals surface area contributed by atoms with E-state index >= 15 is 0 Å². The second-order valence-electron chi connectivity index (χ2n) is 5.70. The molecular formula is C19H22FNO2S. The molecule has 0 aliphatic rings. The second-order valence-corrected chi connectivity index (χ2v) is 6.84. The molecule has 0 aromatic heterocycles. The Morgan fingerprint density at radius 1 is 1.21 bits per heavy atom. The predicted molar refractivity (Wildman–Crippen MR) is 96.7 cm³/mol. The van der Waals surface area contributed by atoms with Gasteiger partial charge in [-0.15, -0.1) is 11.8 Å². The van der Waals surface area contributed by atoms with Crippen LogP contribution in [0.2, 0.25) is 0 Å². The molecule has 2 unspecified atom stereocenters. The maximum absolute atomic E-state index is 13.6. The number of carboxylic acid groups (broad SMARTS) is 1. The SMILES string of the molecule is CCCc1ccc(C(SCC(N)C(=O)O)c2cccc(F)c2)cc1. The van der Waals surface area contributed by atoms with Crippen LogP contribution in [0.3, 0.4) is 0 Å². The quantitative estimate of drug-likeness (QED) is 0.757. The molecule has 0 fully saturated rings. The molecule has 0 bridgehead atoms. The van der Waals surface area contributed by atoms with E-state index in [-0.39, 0.29) is 16.8 Å². The van der Waals surface area contributed by atoms with Gasteiger partial charge in [0.1, 0.15) is 11.9 Å². The van der Waals surface area contributed by atoms with E-state index < -0.39 is 12.0 Å². The van der Waals surface area contributed by atoms with Crippen LogP contribution in [-0.4, -0.2) is 22.9 Å². The molecule has 3 nitrogen and oxygen atoms in total. The van der Waals surface area contributed by atoms with Crippen LogP contribution in [0.25, 0.3) is 0 Å². The Bertz CT molecular complexity index is 675. The summed E-state index contributed by atoms with van der Waals surface area (Å²) in [5, 5.41) is 8.83. The topological polar surface area (TPSA) is 63.3 Å². The molecule has 0 amide bonds. The van der Waals surface area contributed by atoms with E-state index in [0.29, 0.717) is 0 Å². The first kappa shape index (κ1) is 18.5. The van der Waals surface area contributed by atoms with Crippen molar-refractivity contribution in [1.29, 1.82) is 0 Å². The van der Waals surface area contributed by atoms with Crippen LogP contribution in [0.1, 0.15) is 35.3 Å². The fourth-order valence-electron chi connectivity index (χ4n) is 2.47. The van der Waals surface area contributed by atoms with E-state index in [0.717, 1.165) is 24.0 Å². The number of aliphatic carboxylic acids is 1. The highest BCUT2D eigenvalue weighted by Gasteiger charge is 2.19. The molecule has 128 valence electrons. The van der Waals surface area contributed by atoms with Gasteiger partial charge in [0.15, 0.2) is 0 Å². The zero-order chi connectivity index (χ0) is 17.5. The summed E-state index contributed by atoms with van der Waals surface area (Å²) >= 11 is 1.42. The second kappa shape index (κ2) is 8.85. The number of hydrogen-bond acceptors (Lipinski definition) is 3. The summed E-state index contributed by atoms with van der Waals surface area (Å²) in [5.41, 5.74) is 8.70. The predicted octanol–water partition coefficient (Wildman–Crippen LogP) is 4.01. The summed E-state index contributed by atoms with van der Waals surface area (Å²) in [6, 6.07) is 13.7. The van der Waals surface area contributed by atoms with E-state index in [1.807, 2.05) is 18.2 Å². The number of benzene rings is 2. The summed E-state index contributed by atoms with van der Waals surface area (Å²) < 4.78 is 13.6. The first-order chi connectivity index (χ1) is 11.5. The molecule has 24 heavy (non-hydrogen) atoms. The molecule has 0 aliphatic heterocycles. The molecule has 5 heteroatoms. The molecule has 0 aliphatic carbocycles. The van der Waals surface area contributed by atoms with Gasteiger partial charge in [-0.25, -0.2) is 4.39 Å². The van der Waals surface area contributed by atoms with Gasteiger partial charge in [-0.1, -0.05) is 49.7 Å². The molecule has 0 spiro atoms. The summed E-state index contributed by atoms with van der Waals surface area (Å²) in [6.07, 6.45) is 2.09. The third kappa shape index (κ3) is 5.08. The third-order valence-electron chi connectivity index (χ3n) is 3.73. The van der Waals surface area contributed by atoms with Crippen LogP contribution in [-0.2, 0) is 11.2 Å². The molecule has 2 rings (SSSR count). The van der Waals surface area contributed by atoms with Gasteiger partial charge in [0, 0.05) is 5.75 Å². The molecule has 3 N–H and O–H groups in total. The highest BCUT2D eigenvalue weighted by atomic mass is 32.2. The van der Waals surface area contributed by atoms with Crippen LogP contribution in [0.15, 0.2) is 48.5 Å². The van der Waals surface area contributed by atoms with Crippen molar-refractivity contribution in [3.05, 3.63) is 71.0 Å². The number of halogens is 1. The largest absolute Gasteiger partial charge is 0.480 e. The molecule has 0 saturated heterocycles. The summed E-state index contributed by atoms with van der Waals surface area (Å²) in [4.78, 5) is 11.0. The Morgan fingerprint density at radius 2 is 1.92 bits per heavy atom. The van der Waals surface area contributed by atoms with Crippen molar-refractivity contribution in [3.63, 3.8) is 0 Å². The van der Waals surface area contributed by atoms with Crippen molar-refractivity contribution in [3.8, 4) is 0 Å². The van der Waals surface area contributed by atoms with Crippen LogP contribution < -0.4 is 5.73 Å². The summed E-state index contributed by atoms with van der Waals surface area (Å²) in [6.45, 7) is 2.13. The molecule has 2 aromatic carbocycles. The van der Waals surface area contributed by atoms with E-state index in [1.54, 1.807) is 6.07 Å². The van der Waals surface area contributed by atoms with Gasteiger partial charge in [0.05, 0.1) is 5.25 Å². The minimum Gasteiger partial charge on any atom is -0.480 e. The number of aryl methyl sites for hydroxylation is 1. The molecule has 2 atom stereocenters. The van der Waals surface area contributed by atoms with E-state index in [2.05, 4.69) is 19.1 Å². The fraction of sp³-hybridized carbons (Fsp3) is 0.316. The fourth-order valence-corrected chi connectivity index (χ4v) is 3.70. The van der Waals surface area contributed by atoms with Gasteiger partial charge in [0.2, 0.25) is 0 Å². The molecule has 2 aromatic rings. The smallest absolute Gasteiger partial charge is 0.321 e. The molecule has 0 heterocycles. The van der Waals surface area contributed by atoms with Crippen molar-refractivity contribution in [2.45, 2.75) is 31.1 Å². The molecule has 0 radical (unpaired) electrons. The maximum Gasteiger partial charge on any atom is 0.321 e. The Balaban J connectivity index is 2.26. The summed E-state index contributed by atoms with van der Waals surface area (Å²) in [7, 11) is 0. The van der Waals surface area contributed by atoms with Crippen LogP contribution >= 0.6 is 11.8 Å². The van der Waals surface area contributed by atoms with Gasteiger partial charge < -0.3 is 10.8 Å². The van der Waals surface area contributed by atoms with Gasteiger partial charge in [-0.3, -0.25) is 4.79 Å². The Morgan fingerprint density at radius 3 is 2.50 bits per heavy atom. The lowest BCUT2D eigenvalue weighted by atomic mass is 10.0. The number of hydrogen-bond donors (Lipinski definition) is 2. The number of nitrogens with two attached hydrogens (primary N) is 1. The number of rotatable bonds is 8. The van der Waals surface area contributed by atoms with Crippen molar-refractivity contribution in [2.75, 3.05) is 5.75 Å². The van der Waals surface area contributed by atoms with Crippen molar-refractivity contribution in [2.24, 2.45) is 5.73 Å². The van der Waals surface area contributed by atoms with E-state index in [1.165, 1.54) is 29.5 Å². The number of carboxylic acids is 1. The van der Waals surface area contributed by atoms with Crippen molar-refractivity contribution < 1.29 is 14.3 Å². The number of carbonyl (C=O) groups is 1. The van der Waals surface area contributed by atoms with Gasteiger partial charge >= 0.3 is 5.97 Å². The highest BCUT2D eigenvalue weighted by molar-refractivity contribution is 7.99. The van der Waals surface area contributed by atoms with Gasteiger partial charge in [-0.05, 0) is 35.2 Å². The maximum atomic E-state index is 13.6. The zero-order valence-corrected chi connectivity index (χ0v) is 14.4. The average molecular weight is 347 g/mol. The minimum atomic E-state index is -1.03. The average Bonchev–Trinajstić information content (AvgIpc) is 2.56. The summed E-state index contributed by atoms with van der Waals surface area (Å²) in [5.74, 6) is -1.07. The highest BCUT2D eigenvalue weighted by Crippen LogP contribution is 2.36.